The van der Waals surface area contributed by atoms with Crippen LogP contribution >= 0.6 is 11.8 Å². The van der Waals surface area contributed by atoms with Gasteiger partial charge in [0.25, 0.3) is 0 Å². The first-order chi connectivity index (χ1) is 22.1. The summed E-state index contributed by atoms with van der Waals surface area (Å²) in [5.74, 6) is 1.44. The van der Waals surface area contributed by atoms with E-state index in [-0.39, 0.29) is 12.0 Å². The van der Waals surface area contributed by atoms with Gasteiger partial charge in [-0.1, -0.05) is 98.5 Å². The number of nitrogens with one attached hydrogen (secondary N) is 1. The van der Waals surface area contributed by atoms with Gasteiger partial charge in [0.1, 0.15) is 18.4 Å². The van der Waals surface area contributed by atoms with Gasteiger partial charge in [-0.05, 0) is 95.6 Å². The molecule has 1 saturated carbocycles. The van der Waals surface area contributed by atoms with Gasteiger partial charge in [0.15, 0.2) is 0 Å². The average Bonchev–Trinajstić information content (AvgIpc) is 3.62. The lowest BCUT2D eigenvalue weighted by Crippen LogP contribution is -2.48. The normalized spacial score (nSPS) is 16.8. The molecule has 1 atom stereocenters. The Morgan fingerprint density at radius 2 is 1.60 bits per heavy atom. The SMILES string of the molecule is CSc1ccc(COc2ccc3c(c2)CN(CCC2CCCC2)C(C(=O)ONCCc2ccc(-c4ccccc4)cc2)C3)cc1. The summed E-state index contributed by atoms with van der Waals surface area (Å²) in [5.41, 5.74) is 10.2. The molecule has 1 N–H and O–H groups in total. The van der Waals surface area contributed by atoms with E-state index >= 15 is 0 Å². The number of hydroxylamine groups is 1. The fourth-order valence-electron chi connectivity index (χ4n) is 6.59. The largest absolute Gasteiger partial charge is 0.489 e. The number of carbonyl (C=O) groups is 1. The third-order valence-corrected chi connectivity index (χ3v) is 10.0. The number of thioether (sulfide) groups is 1. The molecule has 0 saturated heterocycles. The maximum absolute atomic E-state index is 13.4. The minimum atomic E-state index is -0.293. The van der Waals surface area contributed by atoms with E-state index in [1.54, 1.807) is 11.8 Å². The van der Waals surface area contributed by atoms with Gasteiger partial charge in [-0.2, -0.15) is 5.48 Å². The van der Waals surface area contributed by atoms with Gasteiger partial charge >= 0.3 is 5.97 Å². The molecule has 6 rings (SSSR count). The van der Waals surface area contributed by atoms with Gasteiger partial charge < -0.3 is 9.57 Å². The van der Waals surface area contributed by atoms with E-state index < -0.39 is 0 Å². The van der Waals surface area contributed by atoms with Crippen LogP contribution in [0.3, 0.4) is 0 Å². The van der Waals surface area contributed by atoms with Crippen molar-refractivity contribution in [2.24, 2.45) is 5.92 Å². The van der Waals surface area contributed by atoms with E-state index in [2.05, 4.69) is 102 Å². The topological polar surface area (TPSA) is 50.8 Å². The summed E-state index contributed by atoms with van der Waals surface area (Å²) in [6.07, 6.45) is 9.94. The van der Waals surface area contributed by atoms with Crippen LogP contribution in [0.2, 0.25) is 0 Å². The van der Waals surface area contributed by atoms with Crippen molar-refractivity contribution < 1.29 is 14.4 Å². The smallest absolute Gasteiger partial charge is 0.342 e. The van der Waals surface area contributed by atoms with Crippen molar-refractivity contribution in [2.45, 2.75) is 69.0 Å². The van der Waals surface area contributed by atoms with Crippen molar-refractivity contribution in [3.63, 3.8) is 0 Å². The molecule has 0 bridgehead atoms. The zero-order valence-electron chi connectivity index (χ0n) is 26.3. The number of hydrogen-bond acceptors (Lipinski definition) is 6. The third-order valence-electron chi connectivity index (χ3n) is 9.29. The maximum Gasteiger partial charge on any atom is 0.342 e. The van der Waals surface area contributed by atoms with Crippen LogP contribution in [0.15, 0.2) is 102 Å². The number of benzene rings is 4. The monoisotopic (exact) mass is 620 g/mol. The van der Waals surface area contributed by atoms with Gasteiger partial charge in [-0.15, -0.1) is 11.8 Å². The van der Waals surface area contributed by atoms with E-state index in [0.29, 0.717) is 19.6 Å². The number of rotatable bonds is 13. The molecule has 2 aliphatic rings. The molecule has 0 amide bonds. The Hall–Kier alpha value is -3.58. The maximum atomic E-state index is 13.4. The molecule has 6 heteroatoms. The first-order valence-electron chi connectivity index (χ1n) is 16.3. The van der Waals surface area contributed by atoms with Crippen LogP contribution in [0, 0.1) is 5.92 Å². The Labute approximate surface area is 272 Å². The zero-order valence-corrected chi connectivity index (χ0v) is 27.1. The Balaban J connectivity index is 1.04. The third kappa shape index (κ3) is 8.57. The molecule has 0 radical (unpaired) electrons. The second-order valence-corrected chi connectivity index (χ2v) is 13.2. The summed E-state index contributed by atoms with van der Waals surface area (Å²) in [6.45, 7) is 2.75. The second-order valence-electron chi connectivity index (χ2n) is 12.3. The van der Waals surface area contributed by atoms with Crippen molar-refractivity contribution in [1.82, 2.24) is 10.4 Å². The highest BCUT2D eigenvalue weighted by Crippen LogP contribution is 2.32. The van der Waals surface area contributed by atoms with Gasteiger partial charge in [0.2, 0.25) is 0 Å². The van der Waals surface area contributed by atoms with E-state index in [0.717, 1.165) is 43.2 Å². The molecule has 4 aromatic rings. The van der Waals surface area contributed by atoms with Crippen molar-refractivity contribution in [3.8, 4) is 16.9 Å². The summed E-state index contributed by atoms with van der Waals surface area (Å²) in [6, 6.07) is 33.5. The molecule has 0 spiro atoms. The lowest BCUT2D eigenvalue weighted by Gasteiger charge is -2.36. The van der Waals surface area contributed by atoms with Gasteiger partial charge in [0.05, 0.1) is 0 Å². The Kier molecular flexibility index (Phi) is 10.9. The Bertz CT molecular complexity index is 1520. The van der Waals surface area contributed by atoms with Gasteiger partial charge in [0, 0.05) is 18.0 Å². The van der Waals surface area contributed by atoms with Crippen molar-refractivity contribution in [2.75, 3.05) is 19.3 Å². The molecule has 234 valence electrons. The highest BCUT2D eigenvalue weighted by atomic mass is 32.2. The molecule has 1 unspecified atom stereocenters. The molecular weight excluding hydrogens is 577 g/mol. The fraction of sp³-hybridized carbons (Fsp3) is 0.359. The summed E-state index contributed by atoms with van der Waals surface area (Å²) in [5, 5.41) is 0. The molecule has 45 heavy (non-hydrogen) atoms. The van der Waals surface area contributed by atoms with E-state index in [1.807, 2.05) is 12.1 Å². The van der Waals surface area contributed by atoms with Gasteiger partial charge in [-0.25, -0.2) is 4.79 Å². The predicted molar refractivity (Wildman–Crippen MR) is 183 cm³/mol. The standard InChI is InChI=1S/C39H44N2O3S/c1-45-37-19-13-31(14-20-37)28-43-36-18-17-34-26-38(41(27-35(34)25-36)24-22-29-7-5-6-8-29)39(42)44-40-23-21-30-11-15-33(16-12-30)32-9-3-2-4-10-32/h2-4,9-20,25,29,38,40H,5-8,21-24,26-28H2,1H3. The van der Waals surface area contributed by atoms with E-state index in [4.69, 9.17) is 9.57 Å². The molecule has 0 aromatic heterocycles. The first kappa shape index (κ1) is 31.4. The highest BCUT2D eigenvalue weighted by molar-refractivity contribution is 7.98. The lowest BCUT2D eigenvalue weighted by atomic mass is 9.92. The number of fused-ring (bicyclic) bond motifs is 1. The summed E-state index contributed by atoms with van der Waals surface area (Å²) < 4.78 is 6.19. The Morgan fingerprint density at radius 3 is 2.36 bits per heavy atom. The van der Waals surface area contributed by atoms with Crippen LogP contribution in [0.4, 0.5) is 0 Å². The van der Waals surface area contributed by atoms with Crippen LogP contribution in [-0.4, -0.2) is 36.3 Å². The number of nitrogens with zero attached hydrogens (tertiary/aromatic N) is 1. The number of carbonyl (C=O) groups excluding carboxylic acids is 1. The van der Waals surface area contributed by atoms with Crippen LogP contribution in [0.1, 0.15) is 54.4 Å². The molecule has 4 aromatic carbocycles. The first-order valence-corrected chi connectivity index (χ1v) is 17.6. The van der Waals surface area contributed by atoms with Crippen LogP contribution in [0.25, 0.3) is 11.1 Å². The number of ether oxygens (including phenoxy) is 1. The minimum Gasteiger partial charge on any atom is -0.489 e. The molecule has 1 fully saturated rings. The highest BCUT2D eigenvalue weighted by Gasteiger charge is 2.33. The fourth-order valence-corrected chi connectivity index (χ4v) is 7.00. The number of hydrogen-bond donors (Lipinski definition) is 1. The van der Waals surface area contributed by atoms with Gasteiger partial charge in [-0.3, -0.25) is 4.90 Å². The van der Waals surface area contributed by atoms with E-state index in [1.165, 1.54) is 58.4 Å². The summed E-state index contributed by atoms with van der Waals surface area (Å²) in [7, 11) is 0. The zero-order chi connectivity index (χ0) is 30.8. The van der Waals surface area contributed by atoms with Crippen LogP contribution in [0.5, 0.6) is 5.75 Å². The Morgan fingerprint density at radius 1 is 0.867 bits per heavy atom. The predicted octanol–water partition coefficient (Wildman–Crippen LogP) is 8.25. The van der Waals surface area contributed by atoms with Crippen molar-refractivity contribution >= 4 is 17.7 Å². The minimum absolute atomic E-state index is 0.194. The average molecular weight is 621 g/mol. The molecule has 1 heterocycles. The molecular formula is C39H44N2O3S. The molecule has 5 nitrogen and oxygen atoms in total. The van der Waals surface area contributed by atoms with Crippen LogP contribution in [-0.2, 0) is 35.6 Å². The molecule has 1 aliphatic carbocycles. The lowest BCUT2D eigenvalue weighted by molar-refractivity contribution is -0.158. The van der Waals surface area contributed by atoms with E-state index in [9.17, 15) is 4.79 Å². The summed E-state index contributed by atoms with van der Waals surface area (Å²) in [4.78, 5) is 22.7. The second kappa shape index (κ2) is 15.6. The molecule has 1 aliphatic heterocycles. The van der Waals surface area contributed by atoms with Crippen molar-refractivity contribution in [1.29, 1.82) is 0 Å². The summed E-state index contributed by atoms with van der Waals surface area (Å²) >= 11 is 1.74. The van der Waals surface area contributed by atoms with Crippen molar-refractivity contribution in [3.05, 3.63) is 119 Å². The quantitative estimate of drug-likeness (QED) is 0.0923. The van der Waals surface area contributed by atoms with Crippen LogP contribution < -0.4 is 10.2 Å².